The minimum absolute atomic E-state index is 0.184. The summed E-state index contributed by atoms with van der Waals surface area (Å²) in [6, 6.07) is 3.45. The Balaban J connectivity index is 1.49. The molecule has 0 bridgehead atoms. The van der Waals surface area contributed by atoms with Crippen molar-refractivity contribution in [3.63, 3.8) is 0 Å². The van der Waals surface area contributed by atoms with Crippen molar-refractivity contribution in [2.24, 2.45) is 11.7 Å². The number of hydrogen-bond donors (Lipinski definition) is 1. The number of fused-ring (bicyclic) bond motifs is 1. The largest absolute Gasteiger partial charge is 0.327 e. The Bertz CT molecular complexity index is 984. The van der Waals surface area contributed by atoms with Gasteiger partial charge in [-0.2, -0.15) is 9.19 Å². The monoisotopic (exact) mass is 410 g/mol. The van der Waals surface area contributed by atoms with Gasteiger partial charge in [0.25, 0.3) is 10.0 Å². The van der Waals surface area contributed by atoms with Crippen molar-refractivity contribution in [1.82, 2.24) is 14.1 Å². The summed E-state index contributed by atoms with van der Waals surface area (Å²) in [6.07, 6.45) is 4.03. The first kappa shape index (κ1) is 19.5. The van der Waals surface area contributed by atoms with E-state index in [9.17, 15) is 17.2 Å². The van der Waals surface area contributed by atoms with Crippen LogP contribution in [0, 0.1) is 17.6 Å². The van der Waals surface area contributed by atoms with Gasteiger partial charge in [-0.15, -0.1) is 0 Å². The second-order valence-corrected chi connectivity index (χ2v) is 9.93. The molecule has 4 atom stereocenters. The van der Waals surface area contributed by atoms with E-state index in [1.54, 1.807) is 6.20 Å². The van der Waals surface area contributed by atoms with Gasteiger partial charge in [0.2, 0.25) is 0 Å². The lowest BCUT2D eigenvalue weighted by Gasteiger charge is -2.43. The van der Waals surface area contributed by atoms with E-state index in [2.05, 4.69) is 16.9 Å². The number of aromatic nitrogens is 2. The first-order valence-electron chi connectivity index (χ1n) is 9.36. The highest BCUT2D eigenvalue weighted by Gasteiger charge is 2.40. The third kappa shape index (κ3) is 3.46. The lowest BCUT2D eigenvalue weighted by atomic mass is 9.72. The predicted molar refractivity (Wildman–Crippen MR) is 101 cm³/mol. The number of nitrogens with zero attached hydrogens (tertiary/aromatic N) is 3. The van der Waals surface area contributed by atoms with E-state index in [-0.39, 0.29) is 23.9 Å². The van der Waals surface area contributed by atoms with Gasteiger partial charge in [-0.3, -0.25) is 4.90 Å². The zero-order valence-electron chi connectivity index (χ0n) is 15.8. The minimum atomic E-state index is -3.39. The van der Waals surface area contributed by atoms with E-state index >= 15 is 0 Å². The Kier molecular flexibility index (Phi) is 4.79. The van der Waals surface area contributed by atoms with E-state index in [0.717, 1.165) is 33.7 Å². The summed E-state index contributed by atoms with van der Waals surface area (Å²) in [5, 5.41) is 4.20. The third-order valence-electron chi connectivity index (χ3n) is 6.06. The zero-order chi connectivity index (χ0) is 20.2. The molecule has 2 aliphatic rings. The lowest BCUT2D eigenvalue weighted by molar-refractivity contribution is 0.0902. The van der Waals surface area contributed by atoms with Crippen LogP contribution in [0.1, 0.15) is 42.5 Å². The topological polar surface area (TPSA) is 81.2 Å². The molecule has 1 aromatic carbocycles. The molecule has 1 aromatic heterocycles. The Morgan fingerprint density at radius 2 is 1.96 bits per heavy atom. The summed E-state index contributed by atoms with van der Waals surface area (Å²) in [5.41, 5.74) is 8.43. The lowest BCUT2D eigenvalue weighted by Crippen LogP contribution is -2.48. The van der Waals surface area contributed by atoms with Gasteiger partial charge >= 0.3 is 0 Å². The van der Waals surface area contributed by atoms with Crippen LogP contribution in [0.5, 0.6) is 0 Å². The third-order valence-corrected chi connectivity index (χ3v) is 6.93. The molecule has 0 saturated heterocycles. The van der Waals surface area contributed by atoms with Gasteiger partial charge in [0.05, 0.1) is 11.9 Å². The van der Waals surface area contributed by atoms with Crippen molar-refractivity contribution in [1.29, 1.82) is 0 Å². The van der Waals surface area contributed by atoms with Gasteiger partial charge in [0, 0.05) is 42.9 Å². The molecule has 1 aliphatic heterocycles. The Hall–Kier alpha value is -1.84. The molecule has 6 nitrogen and oxygen atoms in total. The van der Waals surface area contributed by atoms with Crippen LogP contribution < -0.4 is 5.73 Å². The Labute approximate surface area is 163 Å². The van der Waals surface area contributed by atoms with Crippen molar-refractivity contribution in [3.8, 4) is 0 Å². The van der Waals surface area contributed by atoms with Crippen molar-refractivity contribution < 1.29 is 17.2 Å². The SMILES string of the molecule is C[C@@H]1C[C@H](c2cc(F)ccc2F)[C@@H](N)C[C@H]1N1Cc2cn(S(C)(=O)=O)nc2C1. The van der Waals surface area contributed by atoms with E-state index < -0.39 is 21.7 Å². The molecule has 1 fully saturated rings. The van der Waals surface area contributed by atoms with Crippen LogP contribution in [0.25, 0.3) is 0 Å². The van der Waals surface area contributed by atoms with Crippen LogP contribution in [0.4, 0.5) is 8.78 Å². The average molecular weight is 410 g/mol. The zero-order valence-corrected chi connectivity index (χ0v) is 16.7. The number of benzene rings is 1. The maximum absolute atomic E-state index is 14.2. The molecule has 0 amide bonds. The minimum Gasteiger partial charge on any atom is -0.327 e. The summed E-state index contributed by atoms with van der Waals surface area (Å²) >= 11 is 0. The fourth-order valence-electron chi connectivity index (χ4n) is 4.63. The normalized spacial score (nSPS) is 28.5. The fraction of sp³-hybridized carbons (Fsp3) is 0.526. The molecule has 152 valence electrons. The van der Waals surface area contributed by atoms with Crippen LogP contribution in [0.2, 0.25) is 0 Å². The van der Waals surface area contributed by atoms with E-state index in [0.29, 0.717) is 31.5 Å². The fourth-order valence-corrected chi connectivity index (χ4v) is 5.20. The first-order chi connectivity index (χ1) is 13.1. The summed E-state index contributed by atoms with van der Waals surface area (Å²) < 4.78 is 52.2. The van der Waals surface area contributed by atoms with Crippen LogP contribution in [-0.2, 0) is 23.1 Å². The van der Waals surface area contributed by atoms with Gasteiger partial charge in [-0.25, -0.2) is 17.2 Å². The quantitative estimate of drug-likeness (QED) is 0.839. The molecule has 0 unspecified atom stereocenters. The standard InChI is InChI=1S/C19H24F2N4O2S/c1-11-5-15(14-6-13(20)3-4-16(14)21)17(22)7-19(11)24-8-12-9-25(28(2,26)27)23-18(12)10-24/h3-4,6,9,11,15,17,19H,5,7-8,10,22H2,1-2H3/t11-,15-,17+,19-/m1/s1. The second-order valence-electron chi connectivity index (χ2n) is 8.09. The first-order valence-corrected chi connectivity index (χ1v) is 11.2. The maximum atomic E-state index is 14.2. The molecule has 2 heterocycles. The number of hydrogen-bond acceptors (Lipinski definition) is 5. The van der Waals surface area contributed by atoms with Gasteiger partial charge in [-0.1, -0.05) is 6.92 Å². The summed E-state index contributed by atoms with van der Waals surface area (Å²) in [6.45, 7) is 3.29. The van der Waals surface area contributed by atoms with Gasteiger partial charge < -0.3 is 5.73 Å². The molecule has 1 aliphatic carbocycles. The van der Waals surface area contributed by atoms with E-state index in [1.165, 1.54) is 6.07 Å². The molecule has 0 spiro atoms. The summed E-state index contributed by atoms with van der Waals surface area (Å²) in [7, 11) is -3.39. The number of rotatable bonds is 3. The maximum Gasteiger partial charge on any atom is 0.250 e. The highest BCUT2D eigenvalue weighted by molar-refractivity contribution is 7.89. The van der Waals surface area contributed by atoms with Gasteiger partial charge in [0.15, 0.2) is 0 Å². The molecule has 28 heavy (non-hydrogen) atoms. The molecular formula is C19H24F2N4O2S. The molecule has 9 heteroatoms. The Morgan fingerprint density at radius 3 is 2.64 bits per heavy atom. The average Bonchev–Trinajstić information content (AvgIpc) is 3.17. The summed E-state index contributed by atoms with van der Waals surface area (Å²) in [4.78, 5) is 2.26. The molecule has 0 radical (unpaired) electrons. The number of halogens is 2. The molecular weight excluding hydrogens is 386 g/mol. The van der Waals surface area contributed by atoms with Crippen molar-refractivity contribution >= 4 is 10.0 Å². The van der Waals surface area contributed by atoms with Crippen LogP contribution >= 0.6 is 0 Å². The van der Waals surface area contributed by atoms with Gasteiger partial charge in [-0.05, 0) is 42.5 Å². The van der Waals surface area contributed by atoms with Crippen molar-refractivity contribution in [2.75, 3.05) is 6.26 Å². The number of nitrogens with two attached hydrogens (primary N) is 1. The Morgan fingerprint density at radius 1 is 1.21 bits per heavy atom. The second kappa shape index (κ2) is 6.89. The smallest absolute Gasteiger partial charge is 0.250 e. The molecule has 2 aromatic rings. The van der Waals surface area contributed by atoms with Crippen LogP contribution in [-0.4, -0.2) is 40.8 Å². The molecule has 1 saturated carbocycles. The highest BCUT2D eigenvalue weighted by atomic mass is 32.2. The van der Waals surface area contributed by atoms with E-state index in [1.807, 2.05) is 0 Å². The van der Waals surface area contributed by atoms with Crippen molar-refractivity contribution in [3.05, 3.63) is 52.9 Å². The van der Waals surface area contributed by atoms with Crippen molar-refractivity contribution in [2.45, 2.75) is 50.9 Å². The van der Waals surface area contributed by atoms with E-state index in [4.69, 9.17) is 5.73 Å². The molecule has 2 N–H and O–H groups in total. The van der Waals surface area contributed by atoms with Crippen LogP contribution in [0.15, 0.2) is 24.4 Å². The highest BCUT2D eigenvalue weighted by Crippen LogP contribution is 2.40. The summed E-state index contributed by atoms with van der Waals surface area (Å²) in [5.74, 6) is -0.852. The predicted octanol–water partition coefficient (Wildman–Crippen LogP) is 2.19. The molecule has 4 rings (SSSR count). The van der Waals surface area contributed by atoms with Gasteiger partial charge in [0.1, 0.15) is 11.6 Å². The van der Waals surface area contributed by atoms with Crippen LogP contribution in [0.3, 0.4) is 0 Å².